The minimum atomic E-state index is -5.71. The molecule has 0 aliphatic rings. The number of hydrazone groups is 1. The zero-order chi connectivity index (χ0) is 18.7. The minimum absolute atomic E-state index is 0.198. The van der Waals surface area contributed by atoms with Crippen molar-refractivity contribution in [3.8, 4) is 5.75 Å². The molecule has 0 radical (unpaired) electrons. The van der Waals surface area contributed by atoms with E-state index in [-0.39, 0.29) is 11.4 Å². The van der Waals surface area contributed by atoms with Crippen molar-refractivity contribution in [1.82, 2.24) is 0 Å². The van der Waals surface area contributed by atoms with Crippen LogP contribution < -0.4 is 21.2 Å². The fourth-order valence-corrected chi connectivity index (χ4v) is 1.46. The number of hydrogen-bond acceptors (Lipinski definition) is 4. The number of amides is 1. The fourth-order valence-electron chi connectivity index (χ4n) is 1.46. The van der Waals surface area contributed by atoms with Gasteiger partial charge in [-0.2, -0.15) is 22.0 Å². The monoisotopic (exact) mass is 354 g/mol. The maximum Gasteiger partial charge on any atom is 0.456 e. The first-order valence-electron chi connectivity index (χ1n) is 6.41. The number of ether oxygens (including phenoxy) is 1. The Kier molecular flexibility index (Phi) is 5.58. The molecule has 0 saturated carbocycles. The van der Waals surface area contributed by atoms with Gasteiger partial charge in [0, 0.05) is 13.1 Å². The second kappa shape index (κ2) is 6.89. The average molecular weight is 354 g/mol. The van der Waals surface area contributed by atoms with Gasteiger partial charge in [0.15, 0.2) is 6.61 Å². The van der Waals surface area contributed by atoms with Crippen LogP contribution in [-0.2, 0) is 4.79 Å². The summed E-state index contributed by atoms with van der Waals surface area (Å²) in [7, 11) is 1.37. The first-order chi connectivity index (χ1) is 10.8. The molecule has 0 heterocycles. The Hall–Kier alpha value is -2.59. The summed E-state index contributed by atoms with van der Waals surface area (Å²) < 4.78 is 66.9. The van der Waals surface area contributed by atoms with E-state index < -0.39 is 30.4 Å². The quantitative estimate of drug-likeness (QED) is 0.365. The van der Waals surface area contributed by atoms with Gasteiger partial charge in [-0.1, -0.05) is 6.07 Å². The number of hydrogen-bond donors (Lipinski definition) is 2. The van der Waals surface area contributed by atoms with Crippen LogP contribution in [0.3, 0.4) is 0 Å². The Morgan fingerprint density at radius 3 is 2.33 bits per heavy atom. The van der Waals surface area contributed by atoms with Gasteiger partial charge in [0.1, 0.15) is 5.75 Å². The molecule has 6 nitrogen and oxygen atoms in total. The molecule has 134 valence electrons. The summed E-state index contributed by atoms with van der Waals surface area (Å²) in [4.78, 5) is 10.8. The normalized spacial score (nSPS) is 12.9. The predicted molar refractivity (Wildman–Crippen MR) is 76.9 cm³/mol. The van der Waals surface area contributed by atoms with Crippen molar-refractivity contribution < 1.29 is 31.5 Å². The van der Waals surface area contributed by atoms with Gasteiger partial charge in [0.2, 0.25) is 5.84 Å². The van der Waals surface area contributed by atoms with Gasteiger partial charge in [0.25, 0.3) is 5.91 Å². The second-order valence-electron chi connectivity index (χ2n) is 4.81. The lowest BCUT2D eigenvalue weighted by Crippen LogP contribution is -2.41. The lowest BCUT2D eigenvalue weighted by atomic mass is 10.2. The SMILES string of the molecule is Cc1ccc(N(C)N=C(N)C(N)=O)cc1OCC(F)(F)C(F)(F)F. The standard InChI is InChI=1S/C13H15F5N4O2/c1-7-3-4-8(22(2)21-10(19)11(20)23)5-9(7)24-6-12(14,15)13(16,17)18/h3-5H,6H2,1-2H3,(H2,19,21)(H2,20,23). The van der Waals surface area contributed by atoms with Crippen LogP contribution >= 0.6 is 0 Å². The molecule has 11 heteroatoms. The third-order valence-corrected chi connectivity index (χ3v) is 2.88. The third kappa shape index (κ3) is 4.70. The molecule has 0 saturated heterocycles. The zero-order valence-corrected chi connectivity index (χ0v) is 12.7. The number of halogens is 5. The molecule has 0 fully saturated rings. The molecule has 1 amide bonds. The average Bonchev–Trinajstić information content (AvgIpc) is 2.44. The van der Waals surface area contributed by atoms with Crippen molar-refractivity contribution >= 4 is 17.4 Å². The number of nitrogens with two attached hydrogens (primary N) is 2. The largest absolute Gasteiger partial charge is 0.487 e. The van der Waals surface area contributed by atoms with E-state index in [1.807, 2.05) is 0 Å². The van der Waals surface area contributed by atoms with Gasteiger partial charge in [-0.15, -0.1) is 5.10 Å². The van der Waals surface area contributed by atoms with Gasteiger partial charge in [-0.3, -0.25) is 9.80 Å². The summed E-state index contributed by atoms with van der Waals surface area (Å²) in [5.74, 6) is -6.67. The summed E-state index contributed by atoms with van der Waals surface area (Å²) in [6, 6.07) is 4.07. The van der Waals surface area contributed by atoms with E-state index in [4.69, 9.17) is 11.5 Å². The van der Waals surface area contributed by atoms with E-state index in [0.717, 1.165) is 5.01 Å². The minimum Gasteiger partial charge on any atom is -0.487 e. The highest BCUT2D eigenvalue weighted by molar-refractivity contribution is 6.36. The molecular formula is C13H15F5N4O2. The van der Waals surface area contributed by atoms with E-state index in [9.17, 15) is 26.7 Å². The number of benzene rings is 1. The second-order valence-corrected chi connectivity index (χ2v) is 4.81. The number of carbonyl (C=O) groups is 1. The van der Waals surface area contributed by atoms with Crippen LogP contribution in [0.15, 0.2) is 23.3 Å². The Balaban J connectivity index is 2.99. The van der Waals surface area contributed by atoms with E-state index in [0.29, 0.717) is 5.56 Å². The van der Waals surface area contributed by atoms with E-state index in [2.05, 4.69) is 9.84 Å². The van der Waals surface area contributed by atoms with Gasteiger partial charge in [0.05, 0.1) is 5.69 Å². The maximum atomic E-state index is 12.9. The van der Waals surface area contributed by atoms with Crippen LogP contribution in [0.25, 0.3) is 0 Å². The van der Waals surface area contributed by atoms with Gasteiger partial charge in [-0.25, -0.2) is 0 Å². The Bertz CT molecular complexity index is 646. The maximum absolute atomic E-state index is 12.9. The summed E-state index contributed by atoms with van der Waals surface area (Å²) in [6.45, 7) is -0.400. The number of anilines is 1. The molecule has 0 unspecified atom stereocenters. The summed E-state index contributed by atoms with van der Waals surface area (Å²) in [5, 5.41) is 4.73. The highest BCUT2D eigenvalue weighted by atomic mass is 19.4. The van der Waals surface area contributed by atoms with Crippen LogP contribution in [0.4, 0.5) is 27.6 Å². The smallest absolute Gasteiger partial charge is 0.456 e. The van der Waals surface area contributed by atoms with Crippen molar-refractivity contribution in [2.75, 3.05) is 18.7 Å². The molecular weight excluding hydrogens is 339 g/mol. The van der Waals surface area contributed by atoms with Gasteiger partial charge < -0.3 is 16.2 Å². The Morgan fingerprint density at radius 2 is 1.83 bits per heavy atom. The Morgan fingerprint density at radius 1 is 1.25 bits per heavy atom. The molecule has 0 aliphatic carbocycles. The van der Waals surface area contributed by atoms with Crippen molar-refractivity contribution in [3.63, 3.8) is 0 Å². The lowest BCUT2D eigenvalue weighted by Gasteiger charge is -2.21. The predicted octanol–water partition coefficient (Wildman–Crippen LogP) is 1.77. The first kappa shape index (κ1) is 19.5. The van der Waals surface area contributed by atoms with Crippen LogP contribution in [0.2, 0.25) is 0 Å². The molecule has 0 aromatic heterocycles. The zero-order valence-electron chi connectivity index (χ0n) is 12.7. The molecule has 1 aromatic rings. The molecule has 0 aliphatic heterocycles. The third-order valence-electron chi connectivity index (χ3n) is 2.88. The van der Waals surface area contributed by atoms with E-state index in [1.165, 1.54) is 32.2 Å². The lowest BCUT2D eigenvalue weighted by molar-refractivity contribution is -0.290. The van der Waals surface area contributed by atoms with Crippen LogP contribution in [0.5, 0.6) is 5.75 Å². The van der Waals surface area contributed by atoms with Gasteiger partial charge >= 0.3 is 12.1 Å². The van der Waals surface area contributed by atoms with Crippen molar-refractivity contribution in [2.45, 2.75) is 19.0 Å². The number of aryl methyl sites for hydroxylation is 1. The molecule has 0 atom stereocenters. The number of carbonyl (C=O) groups excluding carboxylic acids is 1. The first-order valence-corrected chi connectivity index (χ1v) is 6.41. The highest BCUT2D eigenvalue weighted by Gasteiger charge is 2.58. The van der Waals surface area contributed by atoms with E-state index in [1.54, 1.807) is 0 Å². The van der Waals surface area contributed by atoms with Crippen molar-refractivity contribution in [3.05, 3.63) is 23.8 Å². The number of alkyl halides is 5. The number of amidine groups is 1. The number of nitrogens with zero attached hydrogens (tertiary/aromatic N) is 2. The number of rotatable bonds is 5. The van der Waals surface area contributed by atoms with Crippen molar-refractivity contribution in [2.24, 2.45) is 16.6 Å². The molecule has 1 aromatic carbocycles. The Labute approximate surface area is 133 Å². The molecule has 24 heavy (non-hydrogen) atoms. The van der Waals surface area contributed by atoms with Crippen LogP contribution in [0.1, 0.15) is 5.56 Å². The van der Waals surface area contributed by atoms with Gasteiger partial charge in [-0.05, 0) is 18.6 Å². The molecule has 0 spiro atoms. The fraction of sp³-hybridized carbons (Fsp3) is 0.385. The summed E-state index contributed by atoms with van der Waals surface area (Å²) in [6.07, 6.45) is -5.71. The van der Waals surface area contributed by atoms with Crippen molar-refractivity contribution in [1.29, 1.82) is 0 Å². The topological polar surface area (TPSA) is 93.9 Å². The van der Waals surface area contributed by atoms with Crippen LogP contribution in [-0.4, -0.2) is 37.5 Å². The number of primary amides is 1. The van der Waals surface area contributed by atoms with E-state index >= 15 is 0 Å². The summed E-state index contributed by atoms with van der Waals surface area (Å²) >= 11 is 0. The molecule has 0 bridgehead atoms. The van der Waals surface area contributed by atoms with Crippen LogP contribution in [0, 0.1) is 6.92 Å². The summed E-state index contributed by atoms with van der Waals surface area (Å²) in [5.41, 5.74) is 10.7. The molecule has 4 N–H and O–H groups in total. The molecule has 1 rings (SSSR count). The highest BCUT2D eigenvalue weighted by Crippen LogP contribution is 2.36.